The van der Waals surface area contributed by atoms with E-state index < -0.39 is 61.3 Å². The van der Waals surface area contributed by atoms with Gasteiger partial charge in [-0.05, 0) is 70.6 Å². The topological polar surface area (TPSA) is 169 Å². The maximum absolute atomic E-state index is 12.8. The Hall–Kier alpha value is -2.83. The highest BCUT2D eigenvalue weighted by Gasteiger charge is 2.47. The summed E-state index contributed by atoms with van der Waals surface area (Å²) >= 11 is 0. The predicted octanol–water partition coefficient (Wildman–Crippen LogP) is 9.37. The Morgan fingerprint density at radius 2 is 1.04 bits per heavy atom. The van der Waals surface area contributed by atoms with Crippen molar-refractivity contribution in [1.29, 1.82) is 0 Å². The number of carbonyl (C=O) groups excluding carboxylic acids is 2. The molecule has 0 aliphatic carbocycles. The molecule has 11 nitrogen and oxygen atoms in total. The third kappa shape index (κ3) is 28.3. The van der Waals surface area contributed by atoms with Gasteiger partial charge in [0.2, 0.25) is 0 Å². The quantitative estimate of drug-likeness (QED) is 0.0270. The summed E-state index contributed by atoms with van der Waals surface area (Å²) in [5.74, 6) is -2.48. The van der Waals surface area contributed by atoms with Gasteiger partial charge < -0.3 is 39.4 Å². The van der Waals surface area contributed by atoms with Gasteiger partial charge in [0, 0.05) is 12.8 Å². The van der Waals surface area contributed by atoms with Crippen LogP contribution in [0.2, 0.25) is 0 Å². The van der Waals surface area contributed by atoms with Crippen LogP contribution in [0, 0.1) is 0 Å². The summed E-state index contributed by atoms with van der Waals surface area (Å²) in [5, 5.41) is 39.8. The van der Waals surface area contributed by atoms with Crippen molar-refractivity contribution in [3.8, 4) is 0 Å². The summed E-state index contributed by atoms with van der Waals surface area (Å²) in [6.07, 6.45) is 33.0. The molecule has 1 fully saturated rings. The zero-order valence-corrected chi connectivity index (χ0v) is 35.3. The standard InChI is InChI=1S/C46H78O11/c1-3-5-7-9-11-13-15-17-19-21-23-25-27-29-31-33-35-40(48)56-38(37-55-46-43(51)41(49)42(50)44(57-46)45(52)53)36-54-39(47)34-32-30-28-26-24-22-20-18-16-14-12-10-8-6-4-2/h6,8,12,14,18-21,38,41-44,46,49-51H,3-5,7,9-11,13,15-17,22-37H2,1-2H3,(H,52,53)/b8-6-,14-12-,20-18-,21-19-. The van der Waals surface area contributed by atoms with E-state index in [1.54, 1.807) is 0 Å². The van der Waals surface area contributed by atoms with E-state index >= 15 is 0 Å². The maximum atomic E-state index is 12.8. The van der Waals surface area contributed by atoms with E-state index in [2.05, 4.69) is 62.5 Å². The summed E-state index contributed by atoms with van der Waals surface area (Å²) in [7, 11) is 0. The number of carboxylic acids is 1. The van der Waals surface area contributed by atoms with E-state index in [1.807, 2.05) is 0 Å². The molecule has 1 aliphatic rings. The summed E-state index contributed by atoms with van der Waals surface area (Å²) < 4.78 is 21.7. The Labute approximate surface area is 344 Å². The van der Waals surface area contributed by atoms with Crippen LogP contribution in [0.25, 0.3) is 0 Å². The average Bonchev–Trinajstić information content (AvgIpc) is 3.19. The molecule has 0 aromatic heterocycles. The second-order valence-electron chi connectivity index (χ2n) is 15.2. The van der Waals surface area contributed by atoms with Crippen LogP contribution < -0.4 is 0 Å². The number of carboxylic acid groups (broad SMARTS) is 1. The Balaban J connectivity index is 2.40. The Bertz CT molecular complexity index is 1130. The van der Waals surface area contributed by atoms with Crippen molar-refractivity contribution in [2.24, 2.45) is 0 Å². The number of aliphatic carboxylic acids is 1. The zero-order chi connectivity index (χ0) is 41.8. The third-order valence-corrected chi connectivity index (χ3v) is 9.91. The van der Waals surface area contributed by atoms with Gasteiger partial charge in [0.1, 0.15) is 24.9 Å². The van der Waals surface area contributed by atoms with Crippen LogP contribution in [-0.4, -0.2) is 88.4 Å². The minimum atomic E-state index is -1.87. The first-order valence-corrected chi connectivity index (χ1v) is 22.2. The van der Waals surface area contributed by atoms with Crippen molar-refractivity contribution < 1.29 is 53.8 Å². The normalized spacial score (nSPS) is 20.6. The fourth-order valence-electron chi connectivity index (χ4n) is 6.42. The fraction of sp³-hybridized carbons (Fsp3) is 0.761. The maximum Gasteiger partial charge on any atom is 0.335 e. The summed E-state index contributed by atoms with van der Waals surface area (Å²) in [6.45, 7) is 3.67. The molecule has 1 rings (SSSR count). The number of rotatable bonds is 36. The van der Waals surface area contributed by atoms with Crippen molar-refractivity contribution in [1.82, 2.24) is 0 Å². The van der Waals surface area contributed by atoms with Gasteiger partial charge in [-0.1, -0.05) is 140 Å². The molecular formula is C46H78O11. The van der Waals surface area contributed by atoms with E-state index in [4.69, 9.17) is 18.9 Å². The third-order valence-electron chi connectivity index (χ3n) is 9.91. The van der Waals surface area contributed by atoms with Crippen LogP contribution in [0.1, 0.15) is 174 Å². The minimum absolute atomic E-state index is 0.168. The van der Waals surface area contributed by atoms with E-state index in [1.165, 1.54) is 44.9 Å². The molecule has 0 saturated carbocycles. The average molecular weight is 807 g/mol. The van der Waals surface area contributed by atoms with E-state index in [0.717, 1.165) is 89.9 Å². The number of unbranched alkanes of at least 4 members (excludes halogenated alkanes) is 17. The Kier molecular flexibility index (Phi) is 33.2. The highest BCUT2D eigenvalue weighted by Crippen LogP contribution is 2.23. The SMILES string of the molecule is CC/C=C\C/C=C\C/C=C\CCCCCCCC(=O)OCC(COC1OC(C(=O)O)C(O)C(O)C1O)OC(=O)CCCCCCC/C=C\CCCCCCCCC. The molecule has 328 valence electrons. The molecule has 57 heavy (non-hydrogen) atoms. The van der Waals surface area contributed by atoms with Gasteiger partial charge in [-0.25, -0.2) is 4.79 Å². The molecule has 0 bridgehead atoms. The lowest BCUT2D eigenvalue weighted by Crippen LogP contribution is -2.60. The van der Waals surface area contributed by atoms with Crippen LogP contribution >= 0.6 is 0 Å². The van der Waals surface area contributed by atoms with Crippen molar-refractivity contribution in [3.05, 3.63) is 48.6 Å². The number of esters is 2. The number of aliphatic hydroxyl groups excluding tert-OH is 3. The van der Waals surface area contributed by atoms with Crippen LogP contribution in [0.3, 0.4) is 0 Å². The van der Waals surface area contributed by atoms with Gasteiger partial charge in [0.05, 0.1) is 6.61 Å². The minimum Gasteiger partial charge on any atom is -0.479 e. The van der Waals surface area contributed by atoms with Gasteiger partial charge in [-0.3, -0.25) is 9.59 Å². The van der Waals surface area contributed by atoms with Crippen LogP contribution in [0.5, 0.6) is 0 Å². The van der Waals surface area contributed by atoms with E-state index in [0.29, 0.717) is 12.8 Å². The lowest BCUT2D eigenvalue weighted by atomic mass is 9.99. The molecule has 11 heteroatoms. The molecule has 0 radical (unpaired) electrons. The number of allylic oxidation sites excluding steroid dienone is 8. The fourth-order valence-corrected chi connectivity index (χ4v) is 6.42. The van der Waals surface area contributed by atoms with Crippen LogP contribution in [0.4, 0.5) is 0 Å². The summed E-state index contributed by atoms with van der Waals surface area (Å²) in [4.78, 5) is 36.8. The largest absolute Gasteiger partial charge is 0.479 e. The second-order valence-corrected chi connectivity index (χ2v) is 15.2. The molecule has 6 unspecified atom stereocenters. The van der Waals surface area contributed by atoms with Crippen molar-refractivity contribution in [3.63, 3.8) is 0 Å². The molecule has 0 aromatic rings. The van der Waals surface area contributed by atoms with Crippen molar-refractivity contribution >= 4 is 17.9 Å². The molecule has 1 saturated heterocycles. The number of ether oxygens (including phenoxy) is 4. The van der Waals surface area contributed by atoms with Crippen LogP contribution in [-0.2, 0) is 33.3 Å². The highest BCUT2D eigenvalue weighted by atomic mass is 16.7. The number of aliphatic hydroxyl groups is 3. The first-order valence-electron chi connectivity index (χ1n) is 22.2. The summed E-state index contributed by atoms with van der Waals surface area (Å²) in [5.41, 5.74) is 0. The monoisotopic (exact) mass is 807 g/mol. The predicted molar refractivity (Wildman–Crippen MR) is 224 cm³/mol. The summed E-state index contributed by atoms with van der Waals surface area (Å²) in [6, 6.07) is 0. The van der Waals surface area contributed by atoms with Crippen LogP contribution in [0.15, 0.2) is 48.6 Å². The smallest absolute Gasteiger partial charge is 0.335 e. The first-order chi connectivity index (χ1) is 27.7. The zero-order valence-electron chi connectivity index (χ0n) is 35.3. The second kappa shape index (κ2) is 36.3. The molecule has 0 spiro atoms. The van der Waals surface area contributed by atoms with E-state index in [9.17, 15) is 34.8 Å². The van der Waals surface area contributed by atoms with E-state index in [-0.39, 0.29) is 19.4 Å². The van der Waals surface area contributed by atoms with Gasteiger partial charge >= 0.3 is 17.9 Å². The number of carbonyl (C=O) groups is 3. The molecule has 1 aliphatic heterocycles. The number of hydrogen-bond acceptors (Lipinski definition) is 10. The van der Waals surface area contributed by atoms with Gasteiger partial charge in [0.15, 0.2) is 18.5 Å². The van der Waals surface area contributed by atoms with Gasteiger partial charge in [0.25, 0.3) is 0 Å². The number of hydrogen-bond donors (Lipinski definition) is 4. The Morgan fingerprint density at radius 1 is 0.561 bits per heavy atom. The van der Waals surface area contributed by atoms with Gasteiger partial charge in [-0.2, -0.15) is 0 Å². The lowest BCUT2D eigenvalue weighted by Gasteiger charge is -2.38. The Morgan fingerprint density at radius 3 is 1.58 bits per heavy atom. The molecule has 1 heterocycles. The van der Waals surface area contributed by atoms with Gasteiger partial charge in [-0.15, -0.1) is 0 Å². The van der Waals surface area contributed by atoms with Crippen molar-refractivity contribution in [2.45, 2.75) is 211 Å². The highest BCUT2D eigenvalue weighted by molar-refractivity contribution is 5.73. The molecule has 4 N–H and O–H groups in total. The molecule has 6 atom stereocenters. The molecule has 0 amide bonds. The van der Waals surface area contributed by atoms with Crippen molar-refractivity contribution in [2.75, 3.05) is 13.2 Å². The molecular weight excluding hydrogens is 728 g/mol. The lowest BCUT2D eigenvalue weighted by molar-refractivity contribution is -0.298. The molecule has 0 aromatic carbocycles. The first kappa shape index (κ1) is 52.2.